The van der Waals surface area contributed by atoms with Crippen LogP contribution in [0.2, 0.25) is 0 Å². The molecule has 5 heteroatoms. The quantitative estimate of drug-likeness (QED) is 0.548. The van der Waals surface area contributed by atoms with Crippen LogP contribution in [0.4, 0.5) is 5.69 Å². The van der Waals surface area contributed by atoms with Gasteiger partial charge >= 0.3 is 0 Å². The minimum absolute atomic E-state index is 0.0832. The van der Waals surface area contributed by atoms with Crippen LogP contribution < -0.4 is 10.6 Å². The van der Waals surface area contributed by atoms with Gasteiger partial charge in [0, 0.05) is 18.7 Å². The van der Waals surface area contributed by atoms with E-state index in [1.54, 1.807) is 0 Å². The second-order valence-corrected chi connectivity index (χ2v) is 4.83. The molecular weight excluding hydrogens is 244 g/mol. The van der Waals surface area contributed by atoms with Gasteiger partial charge in [-0.25, -0.2) is 0 Å². The molecule has 1 aliphatic heterocycles. The van der Waals surface area contributed by atoms with Crippen molar-refractivity contribution in [2.24, 2.45) is 0 Å². The van der Waals surface area contributed by atoms with E-state index in [0.29, 0.717) is 13.0 Å². The molecule has 0 aliphatic carbocycles. The van der Waals surface area contributed by atoms with Gasteiger partial charge in [-0.2, -0.15) is 0 Å². The molecule has 5 nitrogen and oxygen atoms in total. The fourth-order valence-electron chi connectivity index (χ4n) is 2.16. The van der Waals surface area contributed by atoms with Gasteiger partial charge in [-0.05, 0) is 36.6 Å². The highest BCUT2D eigenvalue weighted by Crippen LogP contribution is 2.23. The van der Waals surface area contributed by atoms with Crippen molar-refractivity contribution in [2.75, 3.05) is 25.0 Å². The zero-order chi connectivity index (χ0) is 13.7. The number of fused-ring (bicyclic) bond motifs is 1. The monoisotopic (exact) mass is 264 g/mol. The minimum Gasteiger partial charge on any atom is -0.394 e. The Hall–Kier alpha value is -1.43. The highest BCUT2D eigenvalue weighted by Gasteiger charge is 2.14. The standard InChI is InChI=1S/C14H20N2O3/c17-9-12(18)8-15-6-5-10-1-3-13-11(7-10)2-4-14(19)16-13/h1,3,7,12,15,17-18H,2,4-6,8-9H2,(H,16,19). The lowest BCUT2D eigenvalue weighted by Gasteiger charge is -2.17. The molecule has 1 unspecified atom stereocenters. The Kier molecular flexibility index (Phi) is 4.90. The van der Waals surface area contributed by atoms with E-state index in [1.807, 2.05) is 12.1 Å². The first kappa shape index (κ1) is 14.0. The van der Waals surface area contributed by atoms with Crippen molar-refractivity contribution in [3.63, 3.8) is 0 Å². The average molecular weight is 264 g/mol. The van der Waals surface area contributed by atoms with Crippen LogP contribution in [0, 0.1) is 0 Å². The second kappa shape index (κ2) is 6.65. The van der Waals surface area contributed by atoms with Crippen molar-refractivity contribution >= 4 is 11.6 Å². The number of nitrogens with one attached hydrogen (secondary N) is 2. The van der Waals surface area contributed by atoms with E-state index in [1.165, 1.54) is 11.1 Å². The van der Waals surface area contributed by atoms with Gasteiger partial charge in [-0.1, -0.05) is 12.1 Å². The molecule has 0 saturated heterocycles. The van der Waals surface area contributed by atoms with E-state index in [2.05, 4.69) is 16.7 Å². The Morgan fingerprint density at radius 1 is 1.37 bits per heavy atom. The number of hydrogen-bond donors (Lipinski definition) is 4. The molecule has 1 aromatic carbocycles. The van der Waals surface area contributed by atoms with E-state index in [4.69, 9.17) is 5.11 Å². The number of benzene rings is 1. The molecule has 0 aromatic heterocycles. The molecule has 0 bridgehead atoms. The predicted octanol–water partition coefficient (Wildman–Crippen LogP) is 0.0566. The van der Waals surface area contributed by atoms with Crippen molar-refractivity contribution in [1.29, 1.82) is 0 Å². The molecule has 104 valence electrons. The third-order valence-electron chi connectivity index (χ3n) is 3.25. The van der Waals surface area contributed by atoms with Crippen molar-refractivity contribution < 1.29 is 15.0 Å². The number of carbonyl (C=O) groups is 1. The molecular formula is C14H20N2O3. The van der Waals surface area contributed by atoms with E-state index < -0.39 is 6.10 Å². The lowest BCUT2D eigenvalue weighted by atomic mass is 9.99. The summed E-state index contributed by atoms with van der Waals surface area (Å²) in [7, 11) is 0. The molecule has 1 amide bonds. The maximum Gasteiger partial charge on any atom is 0.224 e. The summed E-state index contributed by atoms with van der Waals surface area (Å²) in [6.07, 6.45) is 1.52. The zero-order valence-corrected chi connectivity index (χ0v) is 10.9. The van der Waals surface area contributed by atoms with Crippen molar-refractivity contribution in [1.82, 2.24) is 5.32 Å². The number of carbonyl (C=O) groups excluding carboxylic acids is 1. The van der Waals surface area contributed by atoms with Crippen LogP contribution in [0.3, 0.4) is 0 Å². The third kappa shape index (κ3) is 4.02. The van der Waals surface area contributed by atoms with Crippen LogP contribution in [0.15, 0.2) is 18.2 Å². The Bertz CT molecular complexity index is 448. The highest BCUT2D eigenvalue weighted by atomic mass is 16.3. The van der Waals surface area contributed by atoms with Gasteiger partial charge in [-0.15, -0.1) is 0 Å². The SMILES string of the molecule is O=C1CCc2cc(CCNCC(O)CO)ccc2N1. The molecule has 1 aromatic rings. The topological polar surface area (TPSA) is 81.6 Å². The fraction of sp³-hybridized carbons (Fsp3) is 0.500. The molecule has 4 N–H and O–H groups in total. The largest absolute Gasteiger partial charge is 0.394 e. The predicted molar refractivity (Wildman–Crippen MR) is 73.1 cm³/mol. The van der Waals surface area contributed by atoms with Gasteiger partial charge in [0.05, 0.1) is 12.7 Å². The van der Waals surface area contributed by atoms with Crippen LogP contribution in [0.25, 0.3) is 0 Å². The Morgan fingerprint density at radius 3 is 3.00 bits per heavy atom. The van der Waals surface area contributed by atoms with Gasteiger partial charge < -0.3 is 20.8 Å². The molecule has 0 fully saturated rings. The summed E-state index contributed by atoms with van der Waals surface area (Å²) < 4.78 is 0. The summed E-state index contributed by atoms with van der Waals surface area (Å²) in [6.45, 7) is 0.936. The number of aliphatic hydroxyl groups excluding tert-OH is 2. The summed E-state index contributed by atoms with van der Waals surface area (Å²) >= 11 is 0. The maximum atomic E-state index is 11.2. The highest BCUT2D eigenvalue weighted by molar-refractivity contribution is 5.93. The normalized spacial score (nSPS) is 15.8. The van der Waals surface area contributed by atoms with E-state index in [0.717, 1.165) is 25.1 Å². The van der Waals surface area contributed by atoms with Crippen LogP contribution in [-0.4, -0.2) is 41.9 Å². The average Bonchev–Trinajstić information content (AvgIpc) is 2.43. The van der Waals surface area contributed by atoms with Crippen molar-refractivity contribution in [3.8, 4) is 0 Å². The summed E-state index contributed by atoms with van der Waals surface area (Å²) in [6, 6.07) is 6.08. The van der Waals surface area contributed by atoms with Gasteiger partial charge in [0.25, 0.3) is 0 Å². The Morgan fingerprint density at radius 2 is 2.21 bits per heavy atom. The van der Waals surface area contributed by atoms with E-state index >= 15 is 0 Å². The second-order valence-electron chi connectivity index (χ2n) is 4.83. The lowest BCUT2D eigenvalue weighted by molar-refractivity contribution is -0.116. The van der Waals surface area contributed by atoms with Crippen molar-refractivity contribution in [2.45, 2.75) is 25.4 Å². The minimum atomic E-state index is -0.696. The molecule has 0 radical (unpaired) electrons. The Labute approximate surface area is 112 Å². The van der Waals surface area contributed by atoms with Crippen LogP contribution in [0.5, 0.6) is 0 Å². The lowest BCUT2D eigenvalue weighted by Crippen LogP contribution is -2.30. The summed E-state index contributed by atoms with van der Waals surface area (Å²) in [5.41, 5.74) is 3.32. The van der Waals surface area contributed by atoms with Gasteiger partial charge in [0.15, 0.2) is 0 Å². The molecule has 0 spiro atoms. The van der Waals surface area contributed by atoms with E-state index in [9.17, 15) is 9.90 Å². The number of aliphatic hydroxyl groups is 2. The molecule has 19 heavy (non-hydrogen) atoms. The first-order chi connectivity index (χ1) is 9.19. The van der Waals surface area contributed by atoms with Gasteiger partial charge in [-0.3, -0.25) is 4.79 Å². The summed E-state index contributed by atoms with van der Waals surface area (Å²) in [5.74, 6) is 0.0832. The summed E-state index contributed by atoms with van der Waals surface area (Å²) in [4.78, 5) is 11.2. The molecule has 1 aliphatic rings. The Balaban J connectivity index is 1.83. The number of hydrogen-bond acceptors (Lipinski definition) is 4. The van der Waals surface area contributed by atoms with Crippen LogP contribution in [0.1, 0.15) is 17.5 Å². The number of amides is 1. The number of aryl methyl sites for hydroxylation is 1. The first-order valence-corrected chi connectivity index (χ1v) is 6.60. The molecule has 2 rings (SSSR count). The van der Waals surface area contributed by atoms with Gasteiger partial charge in [0.2, 0.25) is 5.91 Å². The number of anilines is 1. The summed E-state index contributed by atoms with van der Waals surface area (Å²) in [5, 5.41) is 23.8. The van der Waals surface area contributed by atoms with E-state index in [-0.39, 0.29) is 12.5 Å². The first-order valence-electron chi connectivity index (χ1n) is 6.60. The smallest absolute Gasteiger partial charge is 0.224 e. The fourth-order valence-corrected chi connectivity index (χ4v) is 2.16. The zero-order valence-electron chi connectivity index (χ0n) is 10.9. The molecule has 1 heterocycles. The molecule has 0 saturated carbocycles. The van der Waals surface area contributed by atoms with Crippen LogP contribution >= 0.6 is 0 Å². The third-order valence-corrected chi connectivity index (χ3v) is 3.25. The molecule has 1 atom stereocenters. The van der Waals surface area contributed by atoms with Gasteiger partial charge in [0.1, 0.15) is 0 Å². The van der Waals surface area contributed by atoms with Crippen molar-refractivity contribution in [3.05, 3.63) is 29.3 Å². The maximum absolute atomic E-state index is 11.2. The van der Waals surface area contributed by atoms with Crippen LogP contribution in [-0.2, 0) is 17.6 Å². The number of rotatable bonds is 6.